The van der Waals surface area contributed by atoms with Gasteiger partial charge in [0.1, 0.15) is 0 Å². The first-order valence-electron chi connectivity index (χ1n) is 7.23. The third-order valence-electron chi connectivity index (χ3n) is 4.87. The molecule has 1 saturated carbocycles. The Morgan fingerprint density at radius 1 is 1.06 bits per heavy atom. The summed E-state index contributed by atoms with van der Waals surface area (Å²) in [5.41, 5.74) is 0.780. The van der Waals surface area contributed by atoms with E-state index in [0.717, 1.165) is 23.2 Å². The first-order chi connectivity index (χ1) is 7.51. The minimum Gasteiger partial charge on any atom is -0.303 e. The smallest absolute Gasteiger partial charge is 0.000439 e. The van der Waals surface area contributed by atoms with Gasteiger partial charge in [0, 0.05) is 6.54 Å². The summed E-state index contributed by atoms with van der Waals surface area (Å²) in [5, 5.41) is 0. The van der Waals surface area contributed by atoms with Crippen LogP contribution in [0.2, 0.25) is 0 Å². The Balaban J connectivity index is 1.74. The van der Waals surface area contributed by atoms with Crippen LogP contribution in [0.25, 0.3) is 0 Å². The molecule has 0 bridgehead atoms. The van der Waals surface area contributed by atoms with Gasteiger partial charge in [0.05, 0.1) is 0 Å². The topological polar surface area (TPSA) is 3.24 Å². The van der Waals surface area contributed by atoms with E-state index in [4.69, 9.17) is 0 Å². The molecule has 1 heteroatoms. The van der Waals surface area contributed by atoms with Gasteiger partial charge < -0.3 is 4.90 Å². The van der Waals surface area contributed by atoms with Gasteiger partial charge in [-0.15, -0.1) is 0 Å². The summed E-state index contributed by atoms with van der Waals surface area (Å²) in [6, 6.07) is 0. The molecule has 1 saturated heterocycles. The zero-order valence-electron chi connectivity index (χ0n) is 11.6. The van der Waals surface area contributed by atoms with E-state index in [1.807, 2.05) is 0 Å². The average molecular weight is 223 g/mol. The molecule has 94 valence electrons. The quantitative estimate of drug-likeness (QED) is 0.703. The molecule has 2 rings (SSSR count). The summed E-state index contributed by atoms with van der Waals surface area (Å²) in [4.78, 5) is 2.68. The molecule has 0 atom stereocenters. The summed E-state index contributed by atoms with van der Waals surface area (Å²) in [6.45, 7) is 13.5. The third kappa shape index (κ3) is 2.61. The molecule has 1 nitrogen and oxygen atoms in total. The maximum Gasteiger partial charge on any atom is 0.000439 e. The van der Waals surface area contributed by atoms with Crippen molar-refractivity contribution in [1.82, 2.24) is 4.90 Å². The SMILES string of the molecule is CC(C)CN1CCC2(CC1)CC(C(C)C)C2. The molecular weight excluding hydrogens is 194 g/mol. The molecule has 0 aromatic heterocycles. The molecule has 0 N–H and O–H groups in total. The lowest BCUT2D eigenvalue weighted by molar-refractivity contribution is -0.0326. The third-order valence-corrected chi connectivity index (χ3v) is 4.87. The predicted octanol–water partition coefficient (Wildman–Crippen LogP) is 3.79. The van der Waals surface area contributed by atoms with Crippen molar-refractivity contribution in [2.45, 2.75) is 53.4 Å². The Labute approximate surface area is 102 Å². The molecule has 0 amide bonds. The lowest BCUT2D eigenvalue weighted by Gasteiger charge is -2.54. The van der Waals surface area contributed by atoms with Crippen molar-refractivity contribution in [1.29, 1.82) is 0 Å². The van der Waals surface area contributed by atoms with Gasteiger partial charge in [-0.25, -0.2) is 0 Å². The molecule has 2 aliphatic rings. The van der Waals surface area contributed by atoms with Gasteiger partial charge in [-0.05, 0) is 61.9 Å². The Kier molecular flexibility index (Phi) is 3.63. The largest absolute Gasteiger partial charge is 0.303 e. The van der Waals surface area contributed by atoms with Crippen LogP contribution in [0.15, 0.2) is 0 Å². The highest BCUT2D eigenvalue weighted by Crippen LogP contribution is 2.54. The van der Waals surface area contributed by atoms with Crippen LogP contribution in [0.5, 0.6) is 0 Å². The normalized spacial score (nSPS) is 26.6. The number of nitrogens with zero attached hydrogens (tertiary/aromatic N) is 1. The van der Waals surface area contributed by atoms with Crippen LogP contribution in [0.4, 0.5) is 0 Å². The first-order valence-corrected chi connectivity index (χ1v) is 7.23. The van der Waals surface area contributed by atoms with Gasteiger partial charge >= 0.3 is 0 Å². The molecule has 2 fully saturated rings. The molecule has 1 spiro atoms. The van der Waals surface area contributed by atoms with Gasteiger partial charge in [-0.2, -0.15) is 0 Å². The van der Waals surface area contributed by atoms with Crippen LogP contribution in [0.1, 0.15) is 53.4 Å². The Morgan fingerprint density at radius 2 is 1.62 bits per heavy atom. The molecule has 0 aromatic rings. The number of rotatable bonds is 3. The van der Waals surface area contributed by atoms with Crippen molar-refractivity contribution in [2.24, 2.45) is 23.2 Å². The van der Waals surface area contributed by atoms with Crippen molar-refractivity contribution in [3.8, 4) is 0 Å². The van der Waals surface area contributed by atoms with Gasteiger partial charge in [0.2, 0.25) is 0 Å². The summed E-state index contributed by atoms with van der Waals surface area (Å²) in [5.74, 6) is 2.79. The predicted molar refractivity (Wildman–Crippen MR) is 70.5 cm³/mol. The van der Waals surface area contributed by atoms with E-state index in [2.05, 4.69) is 32.6 Å². The molecular formula is C15H29N. The van der Waals surface area contributed by atoms with Gasteiger partial charge in [-0.1, -0.05) is 27.7 Å². The number of hydrogen-bond donors (Lipinski definition) is 0. The van der Waals surface area contributed by atoms with Crippen molar-refractivity contribution >= 4 is 0 Å². The van der Waals surface area contributed by atoms with E-state index in [0.29, 0.717) is 0 Å². The summed E-state index contributed by atoms with van der Waals surface area (Å²) < 4.78 is 0. The average Bonchev–Trinajstić information content (AvgIpc) is 2.14. The number of likely N-dealkylation sites (tertiary alicyclic amines) is 1. The summed E-state index contributed by atoms with van der Waals surface area (Å²) >= 11 is 0. The van der Waals surface area contributed by atoms with Gasteiger partial charge in [0.15, 0.2) is 0 Å². The second-order valence-electron chi connectivity index (χ2n) is 7.11. The van der Waals surface area contributed by atoms with E-state index in [1.165, 1.54) is 45.3 Å². The van der Waals surface area contributed by atoms with Crippen molar-refractivity contribution in [3.05, 3.63) is 0 Å². The lowest BCUT2D eigenvalue weighted by atomic mass is 9.55. The molecule has 1 aliphatic carbocycles. The second-order valence-corrected chi connectivity index (χ2v) is 7.11. The number of piperidine rings is 1. The monoisotopic (exact) mass is 223 g/mol. The van der Waals surface area contributed by atoms with Crippen LogP contribution < -0.4 is 0 Å². The highest BCUT2D eigenvalue weighted by Gasteiger charge is 2.46. The fourth-order valence-corrected chi connectivity index (χ4v) is 3.66. The zero-order valence-corrected chi connectivity index (χ0v) is 11.6. The highest BCUT2D eigenvalue weighted by atomic mass is 15.1. The molecule has 16 heavy (non-hydrogen) atoms. The molecule has 0 radical (unpaired) electrons. The van der Waals surface area contributed by atoms with Crippen LogP contribution in [-0.2, 0) is 0 Å². The molecule has 0 unspecified atom stereocenters. The second kappa shape index (κ2) is 4.68. The zero-order chi connectivity index (χ0) is 11.8. The van der Waals surface area contributed by atoms with Crippen LogP contribution in [0.3, 0.4) is 0 Å². The van der Waals surface area contributed by atoms with Gasteiger partial charge in [-0.3, -0.25) is 0 Å². The highest BCUT2D eigenvalue weighted by molar-refractivity contribution is 4.97. The van der Waals surface area contributed by atoms with Crippen molar-refractivity contribution < 1.29 is 0 Å². The van der Waals surface area contributed by atoms with E-state index in [1.54, 1.807) is 0 Å². The Bertz CT molecular complexity index is 216. The molecule has 1 heterocycles. The minimum absolute atomic E-state index is 0.780. The Morgan fingerprint density at radius 3 is 2.06 bits per heavy atom. The van der Waals surface area contributed by atoms with E-state index >= 15 is 0 Å². The first kappa shape index (κ1) is 12.4. The standard InChI is InChI=1S/C15H29N/c1-12(2)11-16-7-5-15(6-8-16)9-14(10-15)13(3)4/h12-14H,5-11H2,1-4H3. The van der Waals surface area contributed by atoms with Crippen molar-refractivity contribution in [3.63, 3.8) is 0 Å². The lowest BCUT2D eigenvalue weighted by Crippen LogP contribution is -2.48. The van der Waals surface area contributed by atoms with Crippen LogP contribution >= 0.6 is 0 Å². The van der Waals surface area contributed by atoms with Crippen LogP contribution in [0, 0.1) is 23.2 Å². The van der Waals surface area contributed by atoms with Crippen LogP contribution in [-0.4, -0.2) is 24.5 Å². The number of hydrogen-bond acceptors (Lipinski definition) is 1. The van der Waals surface area contributed by atoms with E-state index < -0.39 is 0 Å². The maximum absolute atomic E-state index is 2.68. The minimum atomic E-state index is 0.780. The van der Waals surface area contributed by atoms with E-state index in [-0.39, 0.29) is 0 Å². The summed E-state index contributed by atoms with van der Waals surface area (Å²) in [7, 11) is 0. The fourth-order valence-electron chi connectivity index (χ4n) is 3.66. The van der Waals surface area contributed by atoms with Gasteiger partial charge in [0.25, 0.3) is 0 Å². The summed E-state index contributed by atoms with van der Waals surface area (Å²) in [6.07, 6.45) is 6.01. The van der Waals surface area contributed by atoms with E-state index in [9.17, 15) is 0 Å². The molecule has 1 aliphatic heterocycles. The maximum atomic E-state index is 2.68. The fraction of sp³-hybridized carbons (Fsp3) is 1.00. The molecule has 0 aromatic carbocycles. The Hall–Kier alpha value is -0.0400. The van der Waals surface area contributed by atoms with Crippen molar-refractivity contribution in [2.75, 3.05) is 19.6 Å².